The molecular formula is C15H23BrN2. The number of hydrogen-bond acceptors (Lipinski definition) is 2. The Bertz CT molecular complexity index is 419. The Kier molecular flexibility index (Phi) is 4.00. The van der Waals surface area contributed by atoms with E-state index in [0.717, 1.165) is 16.0 Å². The number of pyridine rings is 1. The lowest BCUT2D eigenvalue weighted by Gasteiger charge is -2.39. The molecule has 18 heavy (non-hydrogen) atoms. The van der Waals surface area contributed by atoms with Gasteiger partial charge in [0.05, 0.1) is 5.69 Å². The van der Waals surface area contributed by atoms with Crippen LogP contribution in [-0.4, -0.2) is 18.1 Å². The fourth-order valence-electron chi connectivity index (χ4n) is 2.69. The maximum absolute atomic E-state index is 4.66. The summed E-state index contributed by atoms with van der Waals surface area (Å²) >= 11 is 3.51. The van der Waals surface area contributed by atoms with Crippen LogP contribution in [0.4, 0.5) is 5.82 Å². The van der Waals surface area contributed by atoms with Crippen LogP contribution in [0.5, 0.6) is 0 Å². The predicted octanol–water partition coefficient (Wildman–Crippen LogP) is 4.56. The molecule has 0 atom stereocenters. The van der Waals surface area contributed by atoms with Crippen molar-refractivity contribution >= 4 is 21.7 Å². The van der Waals surface area contributed by atoms with Crippen LogP contribution >= 0.6 is 15.9 Å². The predicted molar refractivity (Wildman–Crippen MR) is 81.1 cm³/mol. The average molecular weight is 311 g/mol. The van der Waals surface area contributed by atoms with Crippen LogP contribution in [0.3, 0.4) is 0 Å². The maximum Gasteiger partial charge on any atom is 0.128 e. The molecule has 1 aromatic rings. The minimum absolute atomic E-state index is 0.528. The summed E-state index contributed by atoms with van der Waals surface area (Å²) in [6.45, 7) is 6.81. The molecule has 2 rings (SSSR count). The summed E-state index contributed by atoms with van der Waals surface area (Å²) in [4.78, 5) is 7.02. The second-order valence-corrected chi connectivity index (χ2v) is 7.10. The Morgan fingerprint density at radius 2 is 1.89 bits per heavy atom. The summed E-state index contributed by atoms with van der Waals surface area (Å²) in [6.07, 6.45) is 5.19. The van der Waals surface area contributed by atoms with Crippen molar-refractivity contribution in [2.45, 2.75) is 52.5 Å². The molecule has 0 N–H and O–H groups in total. The van der Waals surface area contributed by atoms with E-state index in [1.165, 1.54) is 25.7 Å². The Morgan fingerprint density at radius 1 is 1.28 bits per heavy atom. The third-order valence-electron chi connectivity index (χ3n) is 4.22. The monoisotopic (exact) mass is 310 g/mol. The van der Waals surface area contributed by atoms with E-state index in [1.54, 1.807) is 0 Å². The van der Waals surface area contributed by atoms with Crippen molar-refractivity contribution in [3.05, 3.63) is 22.3 Å². The van der Waals surface area contributed by atoms with Gasteiger partial charge < -0.3 is 4.90 Å². The number of halogens is 1. The first-order valence-electron chi connectivity index (χ1n) is 6.75. The number of aryl methyl sites for hydroxylation is 1. The van der Waals surface area contributed by atoms with Crippen LogP contribution in [-0.2, 0) is 0 Å². The highest BCUT2D eigenvalue weighted by Crippen LogP contribution is 2.37. The average Bonchev–Trinajstić information content (AvgIpc) is 2.32. The first-order valence-corrected chi connectivity index (χ1v) is 7.54. The zero-order valence-electron chi connectivity index (χ0n) is 11.8. The van der Waals surface area contributed by atoms with E-state index in [4.69, 9.17) is 0 Å². The molecule has 1 saturated carbocycles. The molecule has 1 aliphatic rings. The number of anilines is 1. The first-order chi connectivity index (χ1) is 8.39. The van der Waals surface area contributed by atoms with E-state index in [-0.39, 0.29) is 0 Å². The van der Waals surface area contributed by atoms with Gasteiger partial charge in [-0.05, 0) is 66.1 Å². The van der Waals surface area contributed by atoms with Gasteiger partial charge in [-0.3, -0.25) is 0 Å². The van der Waals surface area contributed by atoms with E-state index >= 15 is 0 Å². The highest BCUT2D eigenvalue weighted by atomic mass is 79.9. The molecule has 1 aromatic heterocycles. The number of nitrogens with zero attached hydrogens (tertiary/aromatic N) is 2. The third-order valence-corrected chi connectivity index (χ3v) is 5.06. The van der Waals surface area contributed by atoms with Gasteiger partial charge in [-0.15, -0.1) is 0 Å². The summed E-state index contributed by atoms with van der Waals surface area (Å²) < 4.78 is 1.09. The Morgan fingerprint density at radius 3 is 2.44 bits per heavy atom. The van der Waals surface area contributed by atoms with Crippen LogP contribution in [0.15, 0.2) is 16.6 Å². The van der Waals surface area contributed by atoms with E-state index in [0.29, 0.717) is 11.5 Å². The molecule has 1 fully saturated rings. The van der Waals surface area contributed by atoms with E-state index in [9.17, 15) is 0 Å². The molecule has 0 aromatic carbocycles. The van der Waals surface area contributed by atoms with Gasteiger partial charge in [0.25, 0.3) is 0 Å². The molecular weight excluding hydrogens is 288 g/mol. The van der Waals surface area contributed by atoms with Crippen LogP contribution in [0.2, 0.25) is 0 Å². The summed E-state index contributed by atoms with van der Waals surface area (Å²) in [6, 6.07) is 4.85. The number of hydrogen-bond donors (Lipinski definition) is 0. The zero-order chi connectivity index (χ0) is 13.3. The van der Waals surface area contributed by atoms with Gasteiger partial charge in [-0.25, -0.2) is 4.98 Å². The van der Waals surface area contributed by atoms with Crippen LogP contribution in [0.25, 0.3) is 0 Å². The van der Waals surface area contributed by atoms with Gasteiger partial charge in [0, 0.05) is 17.6 Å². The van der Waals surface area contributed by atoms with Gasteiger partial charge >= 0.3 is 0 Å². The molecule has 100 valence electrons. The zero-order valence-corrected chi connectivity index (χ0v) is 13.4. The number of aromatic nitrogens is 1. The normalized spacial score (nSPS) is 19.8. The molecule has 3 heteroatoms. The standard InChI is InChI=1S/C15H23BrN2/c1-11-13(16)5-6-14(17-11)18(4)12-7-9-15(2,3)10-8-12/h5-6,12H,7-10H2,1-4H3. The lowest BCUT2D eigenvalue weighted by Crippen LogP contribution is -2.37. The highest BCUT2D eigenvalue weighted by Gasteiger charge is 2.29. The van der Waals surface area contributed by atoms with Gasteiger partial charge in [-0.1, -0.05) is 13.8 Å². The second kappa shape index (κ2) is 5.20. The fourth-order valence-corrected chi connectivity index (χ4v) is 2.91. The van der Waals surface area contributed by atoms with Crippen molar-refractivity contribution in [1.29, 1.82) is 0 Å². The van der Waals surface area contributed by atoms with Crippen molar-refractivity contribution < 1.29 is 0 Å². The van der Waals surface area contributed by atoms with Crippen molar-refractivity contribution in [2.75, 3.05) is 11.9 Å². The smallest absolute Gasteiger partial charge is 0.128 e. The highest BCUT2D eigenvalue weighted by molar-refractivity contribution is 9.10. The van der Waals surface area contributed by atoms with Crippen molar-refractivity contribution in [1.82, 2.24) is 4.98 Å². The lowest BCUT2D eigenvalue weighted by atomic mass is 9.75. The van der Waals surface area contributed by atoms with Gasteiger partial charge in [-0.2, -0.15) is 0 Å². The summed E-state index contributed by atoms with van der Waals surface area (Å²) in [5, 5.41) is 0. The Labute approximate surface area is 119 Å². The molecule has 0 aliphatic heterocycles. The molecule has 0 unspecified atom stereocenters. The van der Waals surface area contributed by atoms with Crippen LogP contribution in [0.1, 0.15) is 45.2 Å². The third kappa shape index (κ3) is 3.05. The Balaban J connectivity index is 2.07. The molecule has 0 amide bonds. The quantitative estimate of drug-likeness (QED) is 0.796. The maximum atomic E-state index is 4.66. The molecule has 0 spiro atoms. The molecule has 0 radical (unpaired) electrons. The first kappa shape index (κ1) is 13.9. The second-order valence-electron chi connectivity index (χ2n) is 6.24. The molecule has 1 aliphatic carbocycles. The molecule has 1 heterocycles. The Hall–Kier alpha value is -0.570. The molecule has 2 nitrogen and oxygen atoms in total. The van der Waals surface area contributed by atoms with Crippen molar-refractivity contribution in [3.63, 3.8) is 0 Å². The van der Waals surface area contributed by atoms with Crippen LogP contribution < -0.4 is 4.90 Å². The van der Waals surface area contributed by atoms with E-state index in [2.05, 4.69) is 58.8 Å². The molecule has 0 saturated heterocycles. The SMILES string of the molecule is Cc1nc(N(C)C2CCC(C)(C)CC2)ccc1Br. The van der Waals surface area contributed by atoms with Gasteiger partial charge in [0.1, 0.15) is 5.82 Å². The van der Waals surface area contributed by atoms with E-state index in [1.807, 2.05) is 6.92 Å². The van der Waals surface area contributed by atoms with E-state index < -0.39 is 0 Å². The minimum atomic E-state index is 0.528. The largest absolute Gasteiger partial charge is 0.357 e. The van der Waals surface area contributed by atoms with Crippen molar-refractivity contribution in [2.24, 2.45) is 5.41 Å². The van der Waals surface area contributed by atoms with Crippen molar-refractivity contribution in [3.8, 4) is 0 Å². The lowest BCUT2D eigenvalue weighted by molar-refractivity contribution is 0.222. The summed E-state index contributed by atoms with van der Waals surface area (Å²) in [5.41, 5.74) is 1.59. The number of rotatable bonds is 2. The van der Waals surface area contributed by atoms with Crippen LogP contribution in [0, 0.1) is 12.3 Å². The van der Waals surface area contributed by atoms with Gasteiger partial charge in [0.15, 0.2) is 0 Å². The summed E-state index contributed by atoms with van der Waals surface area (Å²) in [7, 11) is 2.18. The van der Waals surface area contributed by atoms with Gasteiger partial charge in [0.2, 0.25) is 0 Å². The molecule has 0 bridgehead atoms. The summed E-state index contributed by atoms with van der Waals surface area (Å²) in [5.74, 6) is 1.10. The fraction of sp³-hybridized carbons (Fsp3) is 0.667. The topological polar surface area (TPSA) is 16.1 Å². The minimum Gasteiger partial charge on any atom is -0.357 e.